The van der Waals surface area contributed by atoms with Crippen LogP contribution in [-0.4, -0.2) is 39.9 Å². The summed E-state index contributed by atoms with van der Waals surface area (Å²) in [7, 11) is 1.77. The van der Waals surface area contributed by atoms with E-state index in [-0.39, 0.29) is 12.1 Å². The number of urea groups is 1. The van der Waals surface area contributed by atoms with Crippen molar-refractivity contribution in [1.82, 2.24) is 20.1 Å². The van der Waals surface area contributed by atoms with Crippen molar-refractivity contribution in [2.45, 2.75) is 12.5 Å². The Labute approximate surface area is 161 Å². The number of nitrogens with zero attached hydrogens (tertiary/aromatic N) is 4. The molecule has 8 nitrogen and oxygen atoms in total. The highest BCUT2D eigenvalue weighted by atomic mass is 35.5. The highest BCUT2D eigenvalue weighted by Gasteiger charge is 2.26. The molecule has 4 heterocycles. The summed E-state index contributed by atoms with van der Waals surface area (Å²) in [4.78, 5) is 18.8. The first-order valence-electron chi connectivity index (χ1n) is 8.61. The van der Waals surface area contributed by atoms with Gasteiger partial charge in [0.2, 0.25) is 0 Å². The van der Waals surface area contributed by atoms with Gasteiger partial charge in [0.25, 0.3) is 0 Å². The number of carbonyl (C=O) groups excluding carboxylic acids is 1. The minimum atomic E-state index is -0.275. The van der Waals surface area contributed by atoms with Gasteiger partial charge in [0.05, 0.1) is 11.3 Å². The van der Waals surface area contributed by atoms with Crippen molar-refractivity contribution < 1.29 is 9.21 Å². The van der Waals surface area contributed by atoms with Gasteiger partial charge in [-0.2, -0.15) is 5.10 Å². The first-order valence-corrected chi connectivity index (χ1v) is 8.99. The molecule has 0 saturated carbocycles. The molecule has 1 aliphatic rings. The van der Waals surface area contributed by atoms with Crippen LogP contribution in [0.1, 0.15) is 6.42 Å². The van der Waals surface area contributed by atoms with Crippen LogP contribution < -0.4 is 15.5 Å². The van der Waals surface area contributed by atoms with E-state index in [1.807, 2.05) is 12.1 Å². The molecule has 27 heavy (non-hydrogen) atoms. The van der Waals surface area contributed by atoms with Crippen molar-refractivity contribution in [3.05, 3.63) is 47.8 Å². The number of amides is 2. The molecular formula is C18H19ClN6O2. The van der Waals surface area contributed by atoms with E-state index in [2.05, 4.69) is 25.6 Å². The first-order chi connectivity index (χ1) is 13.1. The van der Waals surface area contributed by atoms with E-state index >= 15 is 0 Å². The maximum atomic E-state index is 12.4. The molecule has 0 unspecified atom stereocenters. The molecule has 0 bridgehead atoms. The number of pyridine rings is 1. The van der Waals surface area contributed by atoms with Gasteiger partial charge in [-0.1, -0.05) is 11.6 Å². The number of aromatic nitrogens is 3. The molecule has 0 spiro atoms. The number of rotatable bonds is 4. The molecule has 1 atom stereocenters. The predicted octanol–water partition coefficient (Wildman–Crippen LogP) is 3.13. The van der Waals surface area contributed by atoms with E-state index in [0.717, 1.165) is 18.8 Å². The second-order valence-corrected chi connectivity index (χ2v) is 6.76. The van der Waals surface area contributed by atoms with Gasteiger partial charge in [0, 0.05) is 38.4 Å². The third kappa shape index (κ3) is 3.75. The average molecular weight is 387 g/mol. The van der Waals surface area contributed by atoms with Crippen LogP contribution in [-0.2, 0) is 7.05 Å². The van der Waals surface area contributed by atoms with Crippen LogP contribution in [0.25, 0.3) is 11.5 Å². The molecule has 1 aliphatic heterocycles. The first kappa shape index (κ1) is 17.4. The van der Waals surface area contributed by atoms with Gasteiger partial charge in [-0.3, -0.25) is 10.00 Å². The lowest BCUT2D eigenvalue weighted by Crippen LogP contribution is -2.40. The highest BCUT2D eigenvalue weighted by Crippen LogP contribution is 2.26. The van der Waals surface area contributed by atoms with Crippen molar-refractivity contribution >= 4 is 29.3 Å². The molecule has 9 heteroatoms. The molecule has 3 aromatic heterocycles. The predicted molar refractivity (Wildman–Crippen MR) is 103 cm³/mol. The molecular weight excluding hydrogens is 368 g/mol. The Morgan fingerprint density at radius 2 is 2.26 bits per heavy atom. The molecule has 2 amide bonds. The summed E-state index contributed by atoms with van der Waals surface area (Å²) >= 11 is 6.21. The molecule has 0 aliphatic carbocycles. The van der Waals surface area contributed by atoms with Crippen molar-refractivity contribution in [2.24, 2.45) is 7.05 Å². The Morgan fingerprint density at radius 3 is 3.04 bits per heavy atom. The number of halogens is 1. The largest absolute Gasteiger partial charge is 0.463 e. The fourth-order valence-corrected chi connectivity index (χ4v) is 3.39. The fraction of sp³-hybridized carbons (Fsp3) is 0.278. The lowest BCUT2D eigenvalue weighted by atomic mass is 10.3. The molecule has 140 valence electrons. The molecule has 2 N–H and O–H groups in total. The summed E-state index contributed by atoms with van der Waals surface area (Å²) in [6.45, 7) is 1.45. The summed E-state index contributed by atoms with van der Waals surface area (Å²) in [5.41, 5.74) is 0.662. The van der Waals surface area contributed by atoms with Crippen LogP contribution in [0.2, 0.25) is 5.02 Å². The lowest BCUT2D eigenvalue weighted by Gasteiger charge is -2.19. The standard InChI is InChI=1S/C18H19ClN6O2/c1-24-16(10-14(23-24)15-5-3-9-27-15)22-18(26)21-12-6-8-25(11-12)17-13(19)4-2-7-20-17/h2-5,7,9-10,12H,6,8,11H2,1H3,(H2,21,22,26)/t12-/m0/s1. The van der Waals surface area contributed by atoms with Crippen LogP contribution in [0, 0.1) is 0 Å². The highest BCUT2D eigenvalue weighted by molar-refractivity contribution is 6.32. The van der Waals surface area contributed by atoms with Crippen LogP contribution >= 0.6 is 11.6 Å². The summed E-state index contributed by atoms with van der Waals surface area (Å²) in [5, 5.41) is 10.8. The lowest BCUT2D eigenvalue weighted by molar-refractivity contribution is 0.249. The molecule has 0 aromatic carbocycles. The Bertz CT molecular complexity index is 939. The van der Waals surface area contributed by atoms with Crippen molar-refractivity contribution in [3.63, 3.8) is 0 Å². The zero-order valence-electron chi connectivity index (χ0n) is 14.7. The summed E-state index contributed by atoms with van der Waals surface area (Å²) in [6.07, 6.45) is 4.13. The van der Waals surface area contributed by atoms with E-state index in [4.69, 9.17) is 16.0 Å². The van der Waals surface area contributed by atoms with Gasteiger partial charge in [-0.15, -0.1) is 0 Å². The second kappa shape index (κ2) is 7.32. The molecule has 3 aromatic rings. The van der Waals surface area contributed by atoms with E-state index in [9.17, 15) is 4.79 Å². The third-order valence-electron chi connectivity index (χ3n) is 4.46. The average Bonchev–Trinajstić information content (AvgIpc) is 3.38. The van der Waals surface area contributed by atoms with Gasteiger partial charge in [0.15, 0.2) is 5.76 Å². The number of anilines is 2. The van der Waals surface area contributed by atoms with Crippen LogP contribution in [0.5, 0.6) is 0 Å². The maximum absolute atomic E-state index is 12.4. The number of nitrogens with one attached hydrogen (secondary N) is 2. The van der Waals surface area contributed by atoms with E-state index < -0.39 is 0 Å². The quantitative estimate of drug-likeness (QED) is 0.719. The summed E-state index contributed by atoms with van der Waals surface area (Å²) in [5.74, 6) is 1.98. The number of carbonyl (C=O) groups is 1. The van der Waals surface area contributed by atoms with Gasteiger partial charge in [-0.25, -0.2) is 9.78 Å². The fourth-order valence-electron chi connectivity index (χ4n) is 3.15. The normalized spacial score (nSPS) is 16.5. The number of hydrogen-bond acceptors (Lipinski definition) is 5. The minimum absolute atomic E-state index is 0.0147. The van der Waals surface area contributed by atoms with Crippen LogP contribution in [0.4, 0.5) is 16.4 Å². The van der Waals surface area contributed by atoms with Crippen LogP contribution in [0.3, 0.4) is 0 Å². The van der Waals surface area contributed by atoms with E-state index in [1.54, 1.807) is 42.4 Å². The monoisotopic (exact) mass is 386 g/mol. The summed E-state index contributed by atoms with van der Waals surface area (Å²) in [6, 6.07) is 8.74. The molecule has 0 radical (unpaired) electrons. The Kier molecular flexibility index (Phi) is 4.72. The summed E-state index contributed by atoms with van der Waals surface area (Å²) < 4.78 is 6.94. The Morgan fingerprint density at radius 1 is 1.37 bits per heavy atom. The number of furan rings is 1. The SMILES string of the molecule is Cn1nc(-c2ccco2)cc1NC(=O)N[C@H]1CCN(c2ncccc2Cl)C1. The topological polar surface area (TPSA) is 88.2 Å². The van der Waals surface area contributed by atoms with E-state index in [1.165, 1.54) is 0 Å². The van der Waals surface area contributed by atoms with Gasteiger partial charge < -0.3 is 14.6 Å². The van der Waals surface area contributed by atoms with Crippen molar-refractivity contribution in [2.75, 3.05) is 23.3 Å². The van der Waals surface area contributed by atoms with E-state index in [0.29, 0.717) is 28.8 Å². The zero-order chi connectivity index (χ0) is 18.8. The number of hydrogen-bond donors (Lipinski definition) is 2. The van der Waals surface area contributed by atoms with Crippen molar-refractivity contribution in [1.29, 1.82) is 0 Å². The molecule has 4 rings (SSSR count). The zero-order valence-corrected chi connectivity index (χ0v) is 15.5. The Balaban J connectivity index is 1.36. The second-order valence-electron chi connectivity index (χ2n) is 6.35. The molecule has 1 fully saturated rings. The van der Waals surface area contributed by atoms with Crippen molar-refractivity contribution in [3.8, 4) is 11.5 Å². The van der Waals surface area contributed by atoms with Crippen LogP contribution in [0.15, 0.2) is 47.2 Å². The van der Waals surface area contributed by atoms with Gasteiger partial charge >= 0.3 is 6.03 Å². The van der Waals surface area contributed by atoms with Gasteiger partial charge in [-0.05, 0) is 30.7 Å². The maximum Gasteiger partial charge on any atom is 0.320 e. The molecule has 1 saturated heterocycles. The Hall–Kier alpha value is -3.00. The smallest absolute Gasteiger partial charge is 0.320 e. The third-order valence-corrected chi connectivity index (χ3v) is 4.75. The minimum Gasteiger partial charge on any atom is -0.463 e. The number of aryl methyl sites for hydroxylation is 1. The van der Waals surface area contributed by atoms with Gasteiger partial charge in [0.1, 0.15) is 17.3 Å².